The second-order valence-corrected chi connectivity index (χ2v) is 4.48. The van der Waals surface area contributed by atoms with E-state index in [0.717, 1.165) is 45.6 Å². The van der Waals surface area contributed by atoms with Crippen molar-refractivity contribution in [3.05, 3.63) is 35.2 Å². The van der Waals surface area contributed by atoms with Gasteiger partial charge < -0.3 is 15.4 Å². The van der Waals surface area contributed by atoms with Gasteiger partial charge in [0, 0.05) is 18.8 Å². The minimum atomic E-state index is 0.826. The third-order valence-corrected chi connectivity index (χ3v) is 3.36. The van der Waals surface area contributed by atoms with Gasteiger partial charge in [0.1, 0.15) is 0 Å². The molecule has 0 atom stereocenters. The van der Waals surface area contributed by atoms with E-state index in [4.69, 9.17) is 10.5 Å². The van der Waals surface area contributed by atoms with Crippen LogP contribution in [0.5, 0.6) is 0 Å². The van der Waals surface area contributed by atoms with E-state index in [9.17, 15) is 0 Å². The topological polar surface area (TPSA) is 38.5 Å². The summed E-state index contributed by atoms with van der Waals surface area (Å²) in [4.78, 5) is 2.42. The van der Waals surface area contributed by atoms with Gasteiger partial charge in [0.15, 0.2) is 0 Å². The van der Waals surface area contributed by atoms with Crippen LogP contribution in [0, 0.1) is 0 Å². The van der Waals surface area contributed by atoms with Crippen molar-refractivity contribution in [3.63, 3.8) is 0 Å². The summed E-state index contributed by atoms with van der Waals surface area (Å²) in [5, 5.41) is 0. The normalized spacial score (nSPS) is 24.3. The smallest absolute Gasteiger partial charge is 0.0642 e. The molecule has 0 unspecified atom stereocenters. The van der Waals surface area contributed by atoms with Crippen LogP contribution < -0.4 is 5.73 Å². The minimum absolute atomic E-state index is 0.826. The summed E-state index contributed by atoms with van der Waals surface area (Å²) in [6, 6.07) is 0. The number of morpholine rings is 1. The molecule has 0 radical (unpaired) electrons. The van der Waals surface area contributed by atoms with Gasteiger partial charge in [-0.05, 0) is 36.6 Å². The first-order valence-electron chi connectivity index (χ1n) is 6.50. The van der Waals surface area contributed by atoms with Gasteiger partial charge in [-0.25, -0.2) is 0 Å². The molecule has 0 bridgehead atoms. The van der Waals surface area contributed by atoms with Gasteiger partial charge in [0.2, 0.25) is 0 Å². The zero-order chi connectivity index (χ0) is 12.1. The summed E-state index contributed by atoms with van der Waals surface area (Å²) >= 11 is 0. The average Bonchev–Trinajstić information content (AvgIpc) is 2.80. The fraction of sp³-hybridized carbons (Fsp3) is 0.571. The molecule has 2 N–H and O–H groups in total. The Morgan fingerprint density at radius 2 is 2.06 bits per heavy atom. The van der Waals surface area contributed by atoms with E-state index in [0.29, 0.717) is 0 Å². The van der Waals surface area contributed by atoms with Crippen LogP contribution in [0.3, 0.4) is 0 Å². The summed E-state index contributed by atoms with van der Waals surface area (Å²) in [6.45, 7) is 5.78. The monoisotopic (exact) mass is 234 g/mol. The Balaban J connectivity index is 2.24. The molecule has 0 aromatic carbocycles. The Kier molecular flexibility index (Phi) is 4.26. The highest BCUT2D eigenvalue weighted by molar-refractivity contribution is 5.44. The van der Waals surface area contributed by atoms with E-state index in [1.807, 2.05) is 0 Å². The maximum absolute atomic E-state index is 5.74. The SMILES string of the molecule is CC/C=C/C1=C(N2CCOCC2)C(=C/N)/CC1. The number of nitrogens with two attached hydrogens (primary N) is 1. The molecule has 1 aliphatic heterocycles. The van der Waals surface area contributed by atoms with Crippen LogP contribution in [0.4, 0.5) is 0 Å². The van der Waals surface area contributed by atoms with Crippen molar-refractivity contribution in [2.45, 2.75) is 26.2 Å². The Morgan fingerprint density at radius 1 is 1.29 bits per heavy atom. The molecule has 0 aromatic heterocycles. The Bertz CT molecular complexity index is 349. The van der Waals surface area contributed by atoms with Gasteiger partial charge in [-0.3, -0.25) is 0 Å². The first-order chi connectivity index (χ1) is 8.36. The number of allylic oxidation sites excluding steroid dienone is 4. The quantitative estimate of drug-likeness (QED) is 0.813. The number of nitrogens with zero attached hydrogens (tertiary/aromatic N) is 1. The standard InChI is InChI=1S/C14H22N2O/c1-2-3-4-12-5-6-13(11-15)14(12)16-7-9-17-10-8-16/h3-4,11H,2,5-10,15H2,1H3/b4-3+,13-11+. The Hall–Kier alpha value is -1.22. The van der Waals surface area contributed by atoms with E-state index in [-0.39, 0.29) is 0 Å². The molecule has 1 aliphatic carbocycles. The second-order valence-electron chi connectivity index (χ2n) is 4.48. The molecule has 1 heterocycles. The minimum Gasteiger partial charge on any atom is -0.404 e. The summed E-state index contributed by atoms with van der Waals surface area (Å²) in [5.41, 5.74) is 9.83. The van der Waals surface area contributed by atoms with Crippen LogP contribution in [0.1, 0.15) is 26.2 Å². The Morgan fingerprint density at radius 3 is 2.71 bits per heavy atom. The number of ether oxygens (including phenoxy) is 1. The molecule has 3 heteroatoms. The first kappa shape index (κ1) is 12.2. The lowest BCUT2D eigenvalue weighted by Crippen LogP contribution is -2.36. The van der Waals surface area contributed by atoms with Crippen molar-refractivity contribution in [3.8, 4) is 0 Å². The molecule has 1 saturated heterocycles. The molecule has 0 saturated carbocycles. The van der Waals surface area contributed by atoms with Gasteiger partial charge in [0.25, 0.3) is 0 Å². The van der Waals surface area contributed by atoms with Crippen LogP contribution in [0.2, 0.25) is 0 Å². The van der Waals surface area contributed by atoms with Crippen LogP contribution in [0.25, 0.3) is 0 Å². The maximum Gasteiger partial charge on any atom is 0.0642 e. The predicted octanol–water partition coefficient (Wildman–Crippen LogP) is 2.18. The zero-order valence-corrected chi connectivity index (χ0v) is 10.6. The second kappa shape index (κ2) is 5.92. The number of hydrogen-bond donors (Lipinski definition) is 1. The predicted molar refractivity (Wildman–Crippen MR) is 70.4 cm³/mol. The van der Waals surface area contributed by atoms with Crippen molar-refractivity contribution >= 4 is 0 Å². The number of hydrogen-bond acceptors (Lipinski definition) is 3. The average molecular weight is 234 g/mol. The van der Waals surface area contributed by atoms with Gasteiger partial charge in [0.05, 0.1) is 13.2 Å². The highest BCUT2D eigenvalue weighted by Crippen LogP contribution is 2.34. The summed E-state index contributed by atoms with van der Waals surface area (Å²) in [7, 11) is 0. The van der Waals surface area contributed by atoms with Crippen molar-refractivity contribution < 1.29 is 4.74 Å². The van der Waals surface area contributed by atoms with Crippen LogP contribution >= 0.6 is 0 Å². The largest absolute Gasteiger partial charge is 0.404 e. The van der Waals surface area contributed by atoms with E-state index < -0.39 is 0 Å². The van der Waals surface area contributed by atoms with Gasteiger partial charge in [-0.2, -0.15) is 0 Å². The van der Waals surface area contributed by atoms with Crippen LogP contribution in [-0.2, 0) is 4.74 Å². The molecule has 17 heavy (non-hydrogen) atoms. The van der Waals surface area contributed by atoms with E-state index in [1.54, 1.807) is 6.20 Å². The van der Waals surface area contributed by atoms with Crippen molar-refractivity contribution in [1.29, 1.82) is 0 Å². The summed E-state index contributed by atoms with van der Waals surface area (Å²) in [6.07, 6.45) is 9.55. The fourth-order valence-corrected chi connectivity index (χ4v) is 2.49. The third kappa shape index (κ3) is 2.72. The molecule has 94 valence electrons. The van der Waals surface area contributed by atoms with E-state index in [2.05, 4.69) is 24.0 Å². The van der Waals surface area contributed by atoms with Gasteiger partial charge >= 0.3 is 0 Å². The van der Waals surface area contributed by atoms with Crippen molar-refractivity contribution in [1.82, 2.24) is 4.90 Å². The maximum atomic E-state index is 5.74. The summed E-state index contributed by atoms with van der Waals surface area (Å²) in [5.74, 6) is 0. The van der Waals surface area contributed by atoms with Crippen LogP contribution in [0.15, 0.2) is 35.2 Å². The van der Waals surface area contributed by atoms with E-state index in [1.165, 1.54) is 16.8 Å². The van der Waals surface area contributed by atoms with Gasteiger partial charge in [-0.1, -0.05) is 19.1 Å². The fourth-order valence-electron chi connectivity index (χ4n) is 2.49. The number of rotatable bonds is 3. The van der Waals surface area contributed by atoms with Gasteiger partial charge in [-0.15, -0.1) is 0 Å². The van der Waals surface area contributed by atoms with Crippen molar-refractivity contribution in [2.75, 3.05) is 26.3 Å². The van der Waals surface area contributed by atoms with E-state index >= 15 is 0 Å². The highest BCUT2D eigenvalue weighted by Gasteiger charge is 2.24. The molecule has 2 aliphatic rings. The zero-order valence-electron chi connectivity index (χ0n) is 10.6. The summed E-state index contributed by atoms with van der Waals surface area (Å²) < 4.78 is 5.41. The highest BCUT2D eigenvalue weighted by atomic mass is 16.5. The first-order valence-corrected chi connectivity index (χ1v) is 6.50. The molecule has 2 rings (SSSR count). The molecule has 3 nitrogen and oxygen atoms in total. The third-order valence-electron chi connectivity index (χ3n) is 3.36. The molecular formula is C14H22N2O. The molecule has 0 amide bonds. The Labute approximate surface area is 104 Å². The molecular weight excluding hydrogens is 212 g/mol. The van der Waals surface area contributed by atoms with Crippen LogP contribution in [-0.4, -0.2) is 31.2 Å². The lowest BCUT2D eigenvalue weighted by atomic mass is 10.1. The lowest BCUT2D eigenvalue weighted by molar-refractivity contribution is 0.0547. The lowest BCUT2D eigenvalue weighted by Gasteiger charge is -2.31. The van der Waals surface area contributed by atoms with Crippen molar-refractivity contribution in [2.24, 2.45) is 5.73 Å². The molecule has 0 spiro atoms. The molecule has 0 aromatic rings. The molecule has 1 fully saturated rings.